The lowest BCUT2D eigenvalue weighted by molar-refractivity contribution is -0.870. The summed E-state index contributed by atoms with van der Waals surface area (Å²) in [5.74, 6) is -0.546. The Morgan fingerprint density at radius 2 is 0.792 bits per heavy atom. The molecule has 0 aromatic heterocycles. The molecule has 0 aliphatic heterocycles. The molecule has 444 valence electrons. The summed E-state index contributed by atoms with van der Waals surface area (Å²) in [5.41, 5.74) is 0. The zero-order valence-corrected chi connectivity index (χ0v) is 51.6. The van der Waals surface area contributed by atoms with Crippen LogP contribution in [0.15, 0.2) is 97.2 Å². The van der Waals surface area contributed by atoms with Crippen LogP contribution in [0, 0.1) is 0 Å². The number of carbonyl (C=O) groups excluding carboxylic acids is 2. The van der Waals surface area contributed by atoms with Crippen molar-refractivity contribution in [1.82, 2.24) is 5.32 Å². The topological polar surface area (TPSA) is 111 Å². The van der Waals surface area contributed by atoms with Crippen LogP contribution in [0.5, 0.6) is 0 Å². The number of quaternary nitrogens is 1. The lowest BCUT2D eigenvalue weighted by Gasteiger charge is -2.27. The smallest absolute Gasteiger partial charge is 0.456 e. The van der Waals surface area contributed by atoms with Crippen molar-refractivity contribution in [2.75, 3.05) is 40.9 Å². The molecular formula is C67H120N2O7P+. The number of unbranched alkanes of at least 4 members (excludes halogenated alkanes) is 26. The molecule has 0 saturated heterocycles. The minimum absolute atomic E-state index is 0.0295. The molecule has 0 aliphatic carbocycles. The number of phosphoric acid groups is 1. The van der Waals surface area contributed by atoms with Gasteiger partial charge in [0.05, 0.1) is 33.8 Å². The summed E-state index contributed by atoms with van der Waals surface area (Å²) in [5, 5.41) is 3.04. The summed E-state index contributed by atoms with van der Waals surface area (Å²) in [6.45, 7) is 6.92. The zero-order chi connectivity index (χ0) is 56.4. The molecule has 0 saturated carbocycles. The molecule has 9 nitrogen and oxygen atoms in total. The van der Waals surface area contributed by atoms with Crippen molar-refractivity contribution < 1.29 is 37.3 Å². The van der Waals surface area contributed by atoms with E-state index in [0.29, 0.717) is 23.9 Å². The van der Waals surface area contributed by atoms with Gasteiger partial charge in [-0.05, 0) is 115 Å². The molecule has 1 amide bonds. The Labute approximate surface area is 475 Å². The number of likely N-dealkylation sites (N-methyl/N-ethyl adjacent to an activating group) is 1. The summed E-state index contributed by atoms with van der Waals surface area (Å²) in [7, 11) is 1.46. The molecule has 77 heavy (non-hydrogen) atoms. The summed E-state index contributed by atoms with van der Waals surface area (Å²) < 4.78 is 30.7. The van der Waals surface area contributed by atoms with E-state index in [-0.39, 0.29) is 31.5 Å². The lowest BCUT2D eigenvalue weighted by Crippen LogP contribution is -2.47. The number of phosphoric ester groups is 1. The van der Waals surface area contributed by atoms with Crippen molar-refractivity contribution in [3.8, 4) is 0 Å². The monoisotopic (exact) mass is 1100 g/mol. The van der Waals surface area contributed by atoms with Gasteiger partial charge in [-0.2, -0.15) is 0 Å². The fraction of sp³-hybridized carbons (Fsp3) is 0.731. The predicted octanol–water partition coefficient (Wildman–Crippen LogP) is 19.6. The number of nitrogens with one attached hydrogen (secondary N) is 1. The average Bonchev–Trinajstić information content (AvgIpc) is 3.39. The number of esters is 1. The third kappa shape index (κ3) is 57.4. The maximum Gasteiger partial charge on any atom is 0.472 e. The standard InChI is InChI=1S/C67H119N2O7P/c1-7-10-13-16-19-22-25-27-29-31-32-33-34-35-36-38-39-41-44-47-50-53-56-59-66(70)68-64(63-75-77(72,73)74-62-61-69(4,5)6)65(58-55-52-49-46-43-24-21-18-15-12-9-3)76-67(71)60-57-54-51-48-45-42-40-37-30-28-26-23-20-17-14-11-8-2/h19-20,22-23,27-30,32-33,35-36,40,42,55,58,64-65H,7-18,21,24-26,31,34,37-39,41,43-54,56-57,59-63H2,1-6H3,(H-,68,70,72,73)/p+1/b22-19-,23-20-,29-27-,30-28-,33-32-,36-35-,42-40-,58-55-. The maximum atomic E-state index is 13.6. The number of rotatable bonds is 56. The first kappa shape index (κ1) is 73.9. The van der Waals surface area contributed by atoms with Gasteiger partial charge in [0.1, 0.15) is 19.3 Å². The Hall–Kier alpha value is -3.07. The first-order valence-electron chi connectivity index (χ1n) is 31.6. The van der Waals surface area contributed by atoms with Crippen LogP contribution >= 0.6 is 7.82 Å². The van der Waals surface area contributed by atoms with E-state index < -0.39 is 20.0 Å². The number of nitrogens with zero attached hydrogens (tertiary/aromatic N) is 1. The summed E-state index contributed by atoms with van der Waals surface area (Å²) in [4.78, 5) is 37.7. The summed E-state index contributed by atoms with van der Waals surface area (Å²) in [6.07, 6.45) is 75.4. The van der Waals surface area contributed by atoms with E-state index >= 15 is 0 Å². The minimum atomic E-state index is -4.46. The molecule has 0 heterocycles. The highest BCUT2D eigenvalue weighted by molar-refractivity contribution is 7.47. The largest absolute Gasteiger partial charge is 0.472 e. The number of amides is 1. The molecule has 0 radical (unpaired) electrons. The van der Waals surface area contributed by atoms with E-state index in [1.54, 1.807) is 0 Å². The van der Waals surface area contributed by atoms with Crippen LogP contribution in [-0.2, 0) is 27.9 Å². The average molecular weight is 1100 g/mol. The van der Waals surface area contributed by atoms with Crippen molar-refractivity contribution in [2.24, 2.45) is 0 Å². The Bertz CT molecular complexity index is 1640. The van der Waals surface area contributed by atoms with Crippen LogP contribution in [0.4, 0.5) is 0 Å². The van der Waals surface area contributed by atoms with Crippen LogP contribution in [0.3, 0.4) is 0 Å². The van der Waals surface area contributed by atoms with Crippen molar-refractivity contribution in [2.45, 2.75) is 277 Å². The highest BCUT2D eigenvalue weighted by atomic mass is 31.2. The quantitative estimate of drug-likeness (QED) is 0.0205. The van der Waals surface area contributed by atoms with Gasteiger partial charge < -0.3 is 19.4 Å². The Kier molecular flexibility index (Phi) is 54.0. The Balaban J connectivity index is 5.25. The van der Waals surface area contributed by atoms with Gasteiger partial charge in [-0.15, -0.1) is 0 Å². The van der Waals surface area contributed by atoms with Crippen LogP contribution in [0.2, 0.25) is 0 Å². The molecule has 0 bridgehead atoms. The fourth-order valence-corrected chi connectivity index (χ4v) is 9.31. The third-order valence-electron chi connectivity index (χ3n) is 13.5. The van der Waals surface area contributed by atoms with Crippen molar-refractivity contribution >= 4 is 19.7 Å². The van der Waals surface area contributed by atoms with Crippen molar-refractivity contribution in [1.29, 1.82) is 0 Å². The van der Waals surface area contributed by atoms with Crippen molar-refractivity contribution in [3.05, 3.63) is 97.2 Å². The molecular weight excluding hydrogens is 976 g/mol. The molecule has 0 aromatic rings. The highest BCUT2D eigenvalue weighted by Crippen LogP contribution is 2.43. The van der Waals surface area contributed by atoms with Crippen LogP contribution in [0.25, 0.3) is 0 Å². The van der Waals surface area contributed by atoms with Crippen LogP contribution in [0.1, 0.15) is 265 Å². The van der Waals surface area contributed by atoms with E-state index in [1.807, 2.05) is 33.3 Å². The lowest BCUT2D eigenvalue weighted by atomic mass is 10.1. The maximum absolute atomic E-state index is 13.6. The summed E-state index contributed by atoms with van der Waals surface area (Å²) >= 11 is 0. The Morgan fingerprint density at radius 1 is 0.455 bits per heavy atom. The zero-order valence-electron chi connectivity index (χ0n) is 50.7. The molecule has 0 aliphatic rings. The predicted molar refractivity (Wildman–Crippen MR) is 332 cm³/mol. The third-order valence-corrected chi connectivity index (χ3v) is 14.5. The molecule has 0 aromatic carbocycles. The molecule has 0 spiro atoms. The first-order chi connectivity index (χ1) is 37.4. The fourth-order valence-electron chi connectivity index (χ4n) is 8.58. The number of allylic oxidation sites excluding steroid dienone is 15. The second kappa shape index (κ2) is 56.2. The van der Waals surface area contributed by atoms with E-state index in [1.165, 1.54) is 116 Å². The second-order valence-corrected chi connectivity index (χ2v) is 23.7. The van der Waals surface area contributed by atoms with E-state index in [0.717, 1.165) is 109 Å². The molecule has 3 unspecified atom stereocenters. The number of ether oxygens (including phenoxy) is 1. The van der Waals surface area contributed by atoms with E-state index in [4.69, 9.17) is 13.8 Å². The summed E-state index contributed by atoms with van der Waals surface area (Å²) in [6, 6.07) is -0.869. The molecule has 3 atom stereocenters. The van der Waals surface area contributed by atoms with Crippen molar-refractivity contribution in [3.63, 3.8) is 0 Å². The molecule has 2 N–H and O–H groups in total. The van der Waals surface area contributed by atoms with Gasteiger partial charge in [-0.25, -0.2) is 4.57 Å². The van der Waals surface area contributed by atoms with Gasteiger partial charge in [-0.3, -0.25) is 18.6 Å². The SMILES string of the molecule is CCCCC/C=C\C/C=C\C/C=C\C/C=C\CCCCCCCCCC(=O)NC(COP(=O)(O)OCC[N+](C)(C)C)C(/C=C\CCCCCCCCCCC)OC(=O)CCCCCC/C=C\C/C=C\C/C=C\CCCCC. The second-order valence-electron chi connectivity index (χ2n) is 22.2. The molecule has 0 rings (SSSR count). The van der Waals surface area contributed by atoms with Crippen LogP contribution < -0.4 is 5.32 Å². The number of hydrogen-bond acceptors (Lipinski definition) is 6. The minimum Gasteiger partial charge on any atom is -0.456 e. The van der Waals surface area contributed by atoms with E-state index in [2.05, 4.69) is 111 Å². The first-order valence-corrected chi connectivity index (χ1v) is 33.1. The highest BCUT2D eigenvalue weighted by Gasteiger charge is 2.30. The molecule has 10 heteroatoms. The number of carbonyl (C=O) groups is 2. The van der Waals surface area contributed by atoms with Gasteiger partial charge >= 0.3 is 13.8 Å². The Morgan fingerprint density at radius 3 is 1.21 bits per heavy atom. The molecule has 0 fully saturated rings. The van der Waals surface area contributed by atoms with Crippen LogP contribution in [-0.4, -0.2) is 74.3 Å². The van der Waals surface area contributed by atoms with Gasteiger partial charge in [0.2, 0.25) is 5.91 Å². The normalized spacial score (nSPS) is 14.3. The van der Waals surface area contributed by atoms with Gasteiger partial charge in [0.15, 0.2) is 0 Å². The van der Waals surface area contributed by atoms with Gasteiger partial charge in [0, 0.05) is 12.8 Å². The van der Waals surface area contributed by atoms with Gasteiger partial charge in [-0.1, -0.05) is 234 Å². The van der Waals surface area contributed by atoms with E-state index in [9.17, 15) is 19.0 Å². The number of hydrogen-bond donors (Lipinski definition) is 2. The van der Waals surface area contributed by atoms with Gasteiger partial charge in [0.25, 0.3) is 0 Å².